The first kappa shape index (κ1) is 14.2. The number of nitrogens with zero attached hydrogens (tertiary/aromatic N) is 4. The van der Waals surface area contributed by atoms with Crippen molar-refractivity contribution in [2.45, 2.75) is 26.3 Å². The zero-order chi connectivity index (χ0) is 14.0. The molecule has 104 valence electrons. The summed E-state index contributed by atoms with van der Waals surface area (Å²) in [6, 6.07) is 0. The van der Waals surface area contributed by atoms with E-state index in [2.05, 4.69) is 35.6 Å². The maximum Gasteiger partial charge on any atom is 0.274 e. The number of aromatic nitrogens is 2. The fraction of sp³-hybridized carbons (Fsp3) is 0.615. The van der Waals surface area contributed by atoms with Crippen LogP contribution in [0.1, 0.15) is 31.3 Å². The summed E-state index contributed by atoms with van der Waals surface area (Å²) in [7, 11) is 0. The van der Waals surface area contributed by atoms with Crippen molar-refractivity contribution >= 4 is 17.5 Å². The van der Waals surface area contributed by atoms with Crippen LogP contribution in [0.2, 0.25) is 5.15 Å². The van der Waals surface area contributed by atoms with Crippen molar-refractivity contribution in [2.24, 2.45) is 0 Å². The quantitative estimate of drug-likeness (QED) is 0.786. The van der Waals surface area contributed by atoms with E-state index in [9.17, 15) is 4.79 Å². The van der Waals surface area contributed by atoms with Crippen LogP contribution in [0.3, 0.4) is 0 Å². The minimum Gasteiger partial charge on any atom is -0.335 e. The zero-order valence-corrected chi connectivity index (χ0v) is 12.3. The van der Waals surface area contributed by atoms with E-state index in [4.69, 9.17) is 11.6 Å². The van der Waals surface area contributed by atoms with Gasteiger partial charge in [-0.3, -0.25) is 14.7 Å². The Balaban J connectivity index is 2.00. The molecular formula is C13H19ClN4O. The van der Waals surface area contributed by atoms with E-state index in [1.54, 1.807) is 0 Å². The minimum absolute atomic E-state index is 0.0939. The summed E-state index contributed by atoms with van der Waals surface area (Å²) in [5.41, 5.74) is 0.460. The summed E-state index contributed by atoms with van der Waals surface area (Å²) in [5, 5.41) is 0.249. The van der Waals surface area contributed by atoms with Gasteiger partial charge in [0, 0.05) is 31.7 Å². The fourth-order valence-corrected chi connectivity index (χ4v) is 2.33. The zero-order valence-electron chi connectivity index (χ0n) is 11.6. The summed E-state index contributed by atoms with van der Waals surface area (Å²) >= 11 is 5.76. The third kappa shape index (κ3) is 3.42. The Kier molecular flexibility index (Phi) is 4.06. The molecule has 0 saturated carbocycles. The summed E-state index contributed by atoms with van der Waals surface area (Å²) in [4.78, 5) is 24.4. The molecule has 6 heteroatoms. The summed E-state index contributed by atoms with van der Waals surface area (Å²) < 4.78 is 0. The van der Waals surface area contributed by atoms with E-state index in [1.165, 1.54) is 12.4 Å². The Bertz CT molecular complexity index is 464. The van der Waals surface area contributed by atoms with Crippen LogP contribution in [0.25, 0.3) is 0 Å². The first-order valence-corrected chi connectivity index (χ1v) is 6.77. The molecule has 0 radical (unpaired) electrons. The van der Waals surface area contributed by atoms with Gasteiger partial charge in [0.2, 0.25) is 0 Å². The number of rotatable bonds is 1. The van der Waals surface area contributed by atoms with Crippen molar-refractivity contribution in [3.05, 3.63) is 23.2 Å². The Morgan fingerprint density at radius 1 is 1.21 bits per heavy atom. The lowest BCUT2D eigenvalue weighted by Gasteiger charge is -2.42. The second kappa shape index (κ2) is 5.43. The molecule has 0 atom stereocenters. The number of piperazine rings is 1. The van der Waals surface area contributed by atoms with E-state index in [-0.39, 0.29) is 16.6 Å². The van der Waals surface area contributed by atoms with Crippen LogP contribution in [0.15, 0.2) is 12.4 Å². The second-order valence-electron chi connectivity index (χ2n) is 5.68. The molecule has 1 amide bonds. The summed E-state index contributed by atoms with van der Waals surface area (Å²) in [6.07, 6.45) is 2.89. The lowest BCUT2D eigenvalue weighted by molar-refractivity contribution is 0.0446. The van der Waals surface area contributed by atoms with E-state index in [0.717, 1.165) is 13.1 Å². The molecule has 0 unspecified atom stereocenters. The molecule has 2 rings (SSSR count). The predicted molar refractivity (Wildman–Crippen MR) is 74.3 cm³/mol. The predicted octanol–water partition coefficient (Wildman–Crippen LogP) is 1.69. The number of carbonyl (C=O) groups excluding carboxylic acids is 1. The van der Waals surface area contributed by atoms with E-state index < -0.39 is 0 Å². The second-order valence-corrected chi connectivity index (χ2v) is 6.06. The highest BCUT2D eigenvalue weighted by atomic mass is 35.5. The van der Waals surface area contributed by atoms with Crippen molar-refractivity contribution in [3.63, 3.8) is 0 Å². The van der Waals surface area contributed by atoms with Gasteiger partial charge in [-0.1, -0.05) is 11.6 Å². The van der Waals surface area contributed by atoms with Crippen LogP contribution < -0.4 is 0 Å². The van der Waals surface area contributed by atoms with Gasteiger partial charge in [0.05, 0.1) is 12.4 Å². The Morgan fingerprint density at radius 2 is 1.84 bits per heavy atom. The van der Waals surface area contributed by atoms with E-state index in [0.29, 0.717) is 18.8 Å². The first-order chi connectivity index (χ1) is 8.88. The normalized spacial score (nSPS) is 17.6. The average molecular weight is 283 g/mol. The van der Waals surface area contributed by atoms with Gasteiger partial charge < -0.3 is 4.90 Å². The molecule has 1 fully saturated rings. The minimum atomic E-state index is -0.0939. The largest absolute Gasteiger partial charge is 0.335 e. The fourth-order valence-electron chi connectivity index (χ4n) is 2.19. The molecule has 0 aromatic carbocycles. The lowest BCUT2D eigenvalue weighted by Crippen LogP contribution is -2.54. The topological polar surface area (TPSA) is 49.3 Å². The maximum atomic E-state index is 12.3. The SMILES string of the molecule is CC(C)(C)N1CCN(C(=O)c2cncc(Cl)n2)CC1. The highest BCUT2D eigenvalue weighted by Crippen LogP contribution is 2.16. The lowest BCUT2D eigenvalue weighted by atomic mass is 10.0. The number of hydrogen-bond acceptors (Lipinski definition) is 4. The molecule has 1 aliphatic rings. The van der Waals surface area contributed by atoms with Crippen molar-refractivity contribution in [1.29, 1.82) is 0 Å². The molecule has 1 saturated heterocycles. The van der Waals surface area contributed by atoms with Crippen LogP contribution in [0, 0.1) is 0 Å². The number of halogens is 1. The van der Waals surface area contributed by atoms with Crippen LogP contribution in [-0.2, 0) is 0 Å². The smallest absolute Gasteiger partial charge is 0.274 e. The standard InChI is InChI=1S/C13H19ClN4O/c1-13(2,3)18-6-4-17(5-7-18)12(19)10-8-15-9-11(14)16-10/h8-9H,4-7H2,1-3H3. The van der Waals surface area contributed by atoms with Gasteiger partial charge in [-0.25, -0.2) is 4.98 Å². The van der Waals surface area contributed by atoms with Crippen LogP contribution in [0.4, 0.5) is 0 Å². The Hall–Kier alpha value is -1.20. The van der Waals surface area contributed by atoms with Gasteiger partial charge in [-0.2, -0.15) is 0 Å². The number of amides is 1. The summed E-state index contributed by atoms with van der Waals surface area (Å²) in [6.45, 7) is 9.74. The molecule has 0 aliphatic carbocycles. The monoisotopic (exact) mass is 282 g/mol. The molecule has 0 bridgehead atoms. The van der Waals surface area contributed by atoms with Gasteiger partial charge in [-0.15, -0.1) is 0 Å². The highest BCUT2D eigenvalue weighted by Gasteiger charge is 2.28. The summed E-state index contributed by atoms with van der Waals surface area (Å²) in [5.74, 6) is -0.0939. The Morgan fingerprint density at radius 3 is 2.37 bits per heavy atom. The van der Waals surface area contributed by atoms with E-state index >= 15 is 0 Å². The number of carbonyl (C=O) groups is 1. The first-order valence-electron chi connectivity index (χ1n) is 6.40. The van der Waals surface area contributed by atoms with Crippen molar-refractivity contribution in [1.82, 2.24) is 19.8 Å². The van der Waals surface area contributed by atoms with Gasteiger partial charge in [-0.05, 0) is 20.8 Å². The molecular weight excluding hydrogens is 264 g/mol. The van der Waals surface area contributed by atoms with Crippen LogP contribution in [-0.4, -0.2) is 57.4 Å². The van der Waals surface area contributed by atoms with Crippen molar-refractivity contribution < 1.29 is 4.79 Å². The highest BCUT2D eigenvalue weighted by molar-refractivity contribution is 6.29. The molecule has 0 spiro atoms. The maximum absolute atomic E-state index is 12.3. The number of hydrogen-bond donors (Lipinski definition) is 0. The molecule has 1 aliphatic heterocycles. The van der Waals surface area contributed by atoms with Crippen molar-refractivity contribution in [3.8, 4) is 0 Å². The molecule has 5 nitrogen and oxygen atoms in total. The third-order valence-electron chi connectivity index (χ3n) is 3.34. The van der Waals surface area contributed by atoms with Gasteiger partial charge >= 0.3 is 0 Å². The third-order valence-corrected chi connectivity index (χ3v) is 3.52. The molecule has 0 N–H and O–H groups in total. The van der Waals surface area contributed by atoms with Gasteiger partial charge in [0.1, 0.15) is 10.8 Å². The molecule has 1 aromatic rings. The van der Waals surface area contributed by atoms with E-state index in [1.807, 2.05) is 4.90 Å². The van der Waals surface area contributed by atoms with Crippen molar-refractivity contribution in [2.75, 3.05) is 26.2 Å². The Labute approximate surface area is 118 Å². The van der Waals surface area contributed by atoms with Crippen LogP contribution in [0.5, 0.6) is 0 Å². The molecule has 1 aromatic heterocycles. The van der Waals surface area contributed by atoms with Gasteiger partial charge in [0.25, 0.3) is 5.91 Å². The molecule has 2 heterocycles. The molecule has 19 heavy (non-hydrogen) atoms. The van der Waals surface area contributed by atoms with Gasteiger partial charge in [0.15, 0.2) is 0 Å². The average Bonchev–Trinajstić information content (AvgIpc) is 2.37. The van der Waals surface area contributed by atoms with Crippen LogP contribution >= 0.6 is 11.6 Å².